The van der Waals surface area contributed by atoms with Crippen molar-refractivity contribution in [3.8, 4) is 0 Å². The number of nitrogens with zero attached hydrogens (tertiary/aromatic N) is 2. The van der Waals surface area contributed by atoms with Gasteiger partial charge in [-0.2, -0.15) is 0 Å². The summed E-state index contributed by atoms with van der Waals surface area (Å²) in [6.45, 7) is 0.980. The number of hydrogen-bond acceptors (Lipinski definition) is 4. The van der Waals surface area contributed by atoms with Gasteiger partial charge in [-0.15, -0.1) is 23.5 Å². The second kappa shape index (κ2) is 4.69. The van der Waals surface area contributed by atoms with Gasteiger partial charge in [0.2, 0.25) is 0 Å². The molecule has 2 aliphatic rings. The number of para-hydroxylation sites is 2. The number of anilines is 2. The lowest BCUT2D eigenvalue weighted by atomic mass is 10.3. The SMILES string of the molecule is c1ccc2c(c1)SCN2CN1CSc2ccccc21. The minimum absolute atomic E-state index is 0.980. The first-order chi connectivity index (χ1) is 9.42. The van der Waals surface area contributed by atoms with Gasteiger partial charge in [-0.3, -0.25) is 0 Å². The molecular formula is C15H14N2S2. The molecule has 96 valence electrons. The minimum atomic E-state index is 0.980. The van der Waals surface area contributed by atoms with E-state index in [1.165, 1.54) is 21.2 Å². The molecule has 2 aromatic carbocycles. The van der Waals surface area contributed by atoms with Crippen molar-refractivity contribution in [1.82, 2.24) is 0 Å². The van der Waals surface area contributed by atoms with Crippen molar-refractivity contribution in [3.63, 3.8) is 0 Å². The Kier molecular flexibility index (Phi) is 2.85. The maximum atomic E-state index is 2.46. The van der Waals surface area contributed by atoms with Crippen LogP contribution in [0, 0.1) is 0 Å². The first-order valence-electron chi connectivity index (χ1n) is 6.35. The van der Waals surface area contributed by atoms with Crippen LogP contribution in [0.15, 0.2) is 58.3 Å². The molecule has 2 aromatic rings. The fourth-order valence-corrected chi connectivity index (χ4v) is 4.63. The summed E-state index contributed by atoms with van der Waals surface area (Å²) in [5, 5.41) is 0. The van der Waals surface area contributed by atoms with Crippen LogP contribution in [0.2, 0.25) is 0 Å². The summed E-state index contributed by atoms with van der Waals surface area (Å²) in [5.41, 5.74) is 2.75. The molecule has 0 aliphatic carbocycles. The van der Waals surface area contributed by atoms with E-state index in [2.05, 4.69) is 58.3 Å². The van der Waals surface area contributed by atoms with Crippen LogP contribution in [0.1, 0.15) is 0 Å². The Morgan fingerprint density at radius 2 is 1.21 bits per heavy atom. The first kappa shape index (κ1) is 11.6. The molecule has 0 saturated heterocycles. The van der Waals surface area contributed by atoms with E-state index in [1.807, 2.05) is 23.5 Å². The topological polar surface area (TPSA) is 6.48 Å². The van der Waals surface area contributed by atoms with Crippen molar-refractivity contribution in [2.45, 2.75) is 9.79 Å². The van der Waals surface area contributed by atoms with Crippen LogP contribution in [0.3, 0.4) is 0 Å². The molecular weight excluding hydrogens is 272 g/mol. The van der Waals surface area contributed by atoms with Gasteiger partial charge in [0.15, 0.2) is 0 Å². The Morgan fingerprint density at radius 1 is 0.737 bits per heavy atom. The predicted molar refractivity (Wildman–Crippen MR) is 84.2 cm³/mol. The molecule has 19 heavy (non-hydrogen) atoms. The van der Waals surface area contributed by atoms with Crippen molar-refractivity contribution in [2.75, 3.05) is 28.2 Å². The number of benzene rings is 2. The molecule has 0 bridgehead atoms. The third-order valence-electron chi connectivity index (χ3n) is 3.51. The summed E-state index contributed by atoms with van der Waals surface area (Å²) in [6, 6.07) is 17.4. The van der Waals surface area contributed by atoms with Crippen molar-refractivity contribution >= 4 is 34.9 Å². The quantitative estimate of drug-likeness (QED) is 0.820. The number of rotatable bonds is 2. The standard InChI is InChI=1S/C15H14N2S2/c1-3-7-14-12(5-1)16(10-18-14)9-17-11-19-15-8-4-2-6-13(15)17/h1-8H,9-11H2. The van der Waals surface area contributed by atoms with Gasteiger partial charge in [-0.25, -0.2) is 0 Å². The van der Waals surface area contributed by atoms with E-state index in [0.717, 1.165) is 18.4 Å². The summed E-state index contributed by atoms with van der Waals surface area (Å²) in [6.07, 6.45) is 0. The fourth-order valence-electron chi connectivity index (χ4n) is 2.56. The van der Waals surface area contributed by atoms with Gasteiger partial charge in [0.05, 0.1) is 29.8 Å². The van der Waals surface area contributed by atoms with Crippen molar-refractivity contribution in [1.29, 1.82) is 0 Å². The molecule has 0 fully saturated rings. The number of fused-ring (bicyclic) bond motifs is 2. The first-order valence-corrected chi connectivity index (χ1v) is 8.32. The fraction of sp³-hybridized carbons (Fsp3) is 0.200. The van der Waals surface area contributed by atoms with E-state index >= 15 is 0 Å². The molecule has 4 heteroatoms. The van der Waals surface area contributed by atoms with E-state index in [-0.39, 0.29) is 0 Å². The lowest BCUT2D eigenvalue weighted by Crippen LogP contribution is -2.34. The summed E-state index contributed by atoms with van der Waals surface area (Å²) >= 11 is 3.87. The molecule has 0 amide bonds. The van der Waals surface area contributed by atoms with Crippen LogP contribution in [0.25, 0.3) is 0 Å². The summed E-state index contributed by atoms with van der Waals surface area (Å²) in [5.74, 6) is 2.12. The molecule has 0 radical (unpaired) electrons. The summed E-state index contributed by atoms with van der Waals surface area (Å²) < 4.78 is 0. The van der Waals surface area contributed by atoms with Gasteiger partial charge >= 0.3 is 0 Å². The summed E-state index contributed by atoms with van der Waals surface area (Å²) in [4.78, 5) is 7.73. The average Bonchev–Trinajstić information content (AvgIpc) is 3.05. The Balaban J connectivity index is 1.58. The van der Waals surface area contributed by atoms with E-state index < -0.39 is 0 Å². The molecule has 0 spiro atoms. The Labute approximate surface area is 121 Å². The minimum Gasteiger partial charge on any atom is -0.343 e. The predicted octanol–water partition coefficient (Wildman–Crippen LogP) is 4.08. The highest BCUT2D eigenvalue weighted by Gasteiger charge is 2.25. The third-order valence-corrected chi connectivity index (χ3v) is 5.70. The highest BCUT2D eigenvalue weighted by molar-refractivity contribution is 8.00. The largest absolute Gasteiger partial charge is 0.343 e. The molecule has 2 aliphatic heterocycles. The smallest absolute Gasteiger partial charge is 0.0920 e. The Hall–Kier alpha value is -1.26. The molecule has 2 heterocycles. The summed E-state index contributed by atoms with van der Waals surface area (Å²) in [7, 11) is 0. The third kappa shape index (κ3) is 1.99. The maximum Gasteiger partial charge on any atom is 0.0920 e. The second-order valence-corrected chi connectivity index (χ2v) is 6.68. The van der Waals surface area contributed by atoms with Crippen molar-refractivity contribution in [3.05, 3.63) is 48.5 Å². The molecule has 0 atom stereocenters. The van der Waals surface area contributed by atoms with Crippen molar-refractivity contribution in [2.24, 2.45) is 0 Å². The van der Waals surface area contributed by atoms with Gasteiger partial charge in [0.25, 0.3) is 0 Å². The van der Waals surface area contributed by atoms with Crippen LogP contribution in [0.5, 0.6) is 0 Å². The Morgan fingerprint density at radius 3 is 1.74 bits per heavy atom. The van der Waals surface area contributed by atoms with Crippen molar-refractivity contribution < 1.29 is 0 Å². The van der Waals surface area contributed by atoms with Gasteiger partial charge in [0, 0.05) is 9.79 Å². The molecule has 2 nitrogen and oxygen atoms in total. The Bertz CT molecular complexity index is 561. The van der Waals surface area contributed by atoms with E-state index in [1.54, 1.807) is 0 Å². The van der Waals surface area contributed by atoms with Gasteiger partial charge in [-0.05, 0) is 24.3 Å². The second-order valence-electron chi connectivity index (χ2n) is 4.70. The van der Waals surface area contributed by atoms with Gasteiger partial charge in [0.1, 0.15) is 0 Å². The normalized spacial score (nSPS) is 16.6. The zero-order valence-corrected chi connectivity index (χ0v) is 12.1. The molecule has 0 aromatic heterocycles. The van der Waals surface area contributed by atoms with Gasteiger partial charge in [-0.1, -0.05) is 24.3 Å². The highest BCUT2D eigenvalue weighted by atomic mass is 32.2. The molecule has 0 N–H and O–H groups in total. The molecule has 0 saturated carbocycles. The monoisotopic (exact) mass is 286 g/mol. The maximum absolute atomic E-state index is 2.46. The van der Waals surface area contributed by atoms with E-state index in [4.69, 9.17) is 0 Å². The average molecular weight is 286 g/mol. The van der Waals surface area contributed by atoms with Crippen LogP contribution in [-0.4, -0.2) is 18.4 Å². The van der Waals surface area contributed by atoms with Crippen LogP contribution in [-0.2, 0) is 0 Å². The lowest BCUT2D eigenvalue weighted by molar-refractivity contribution is 0.836. The van der Waals surface area contributed by atoms with Crippen LogP contribution in [0.4, 0.5) is 11.4 Å². The molecule has 4 rings (SSSR count). The van der Waals surface area contributed by atoms with E-state index in [0.29, 0.717) is 0 Å². The lowest BCUT2D eigenvalue weighted by Gasteiger charge is -2.27. The number of thioether (sulfide) groups is 2. The zero-order valence-electron chi connectivity index (χ0n) is 10.5. The van der Waals surface area contributed by atoms with Gasteiger partial charge < -0.3 is 9.80 Å². The van der Waals surface area contributed by atoms with Crippen LogP contribution >= 0.6 is 23.5 Å². The van der Waals surface area contributed by atoms with Crippen LogP contribution < -0.4 is 9.80 Å². The van der Waals surface area contributed by atoms with E-state index in [9.17, 15) is 0 Å². The molecule has 0 unspecified atom stereocenters. The highest BCUT2D eigenvalue weighted by Crippen LogP contribution is 2.41. The number of hydrogen-bond donors (Lipinski definition) is 0. The zero-order chi connectivity index (χ0) is 12.7.